The van der Waals surface area contributed by atoms with Crippen LogP contribution >= 0.6 is 0 Å². The molecule has 0 saturated heterocycles. The van der Waals surface area contributed by atoms with Gasteiger partial charge in [0.2, 0.25) is 0 Å². The van der Waals surface area contributed by atoms with Crippen molar-refractivity contribution in [2.45, 2.75) is 231 Å². The first-order valence-corrected chi connectivity index (χ1v) is 33.9. The van der Waals surface area contributed by atoms with Gasteiger partial charge in [-0.25, -0.2) is 4.98 Å². The first-order chi connectivity index (χ1) is 45.1. The summed E-state index contributed by atoms with van der Waals surface area (Å²) in [6.07, 6.45) is 10.1. The van der Waals surface area contributed by atoms with E-state index in [0.29, 0.717) is 72.4 Å². The van der Waals surface area contributed by atoms with Crippen molar-refractivity contribution in [3.8, 4) is 0 Å². The normalized spacial score (nSPS) is 11.1. The Morgan fingerprint density at radius 2 is 1.02 bits per heavy atom. The molecule has 97 heavy (non-hydrogen) atoms. The van der Waals surface area contributed by atoms with E-state index in [1.54, 1.807) is 11.0 Å². The number of alkyl halides is 3. The lowest BCUT2D eigenvalue weighted by molar-refractivity contribution is -0.141. The van der Waals surface area contributed by atoms with Crippen molar-refractivity contribution in [2.75, 3.05) is 19.8 Å². The van der Waals surface area contributed by atoms with E-state index in [1.807, 2.05) is 153 Å². The molecule has 0 atom stereocenters. The van der Waals surface area contributed by atoms with Crippen LogP contribution in [0.1, 0.15) is 269 Å². The number of imidazole rings is 1. The molecule has 9 rings (SSSR count). The second kappa shape index (κ2) is 42.3. The van der Waals surface area contributed by atoms with Gasteiger partial charge >= 0.3 is 6.18 Å². The van der Waals surface area contributed by atoms with E-state index in [0.717, 1.165) is 34.7 Å². The van der Waals surface area contributed by atoms with E-state index in [-0.39, 0.29) is 25.7 Å². The predicted molar refractivity (Wildman–Crippen MR) is 385 cm³/mol. The van der Waals surface area contributed by atoms with Gasteiger partial charge in [-0.2, -0.15) is 48.9 Å². The minimum Gasteiger partial charge on any atom is -0.396 e. The lowest BCUT2D eigenvalue weighted by atomic mass is 9.99. The molecule has 0 unspecified atom stereocenters. The summed E-state index contributed by atoms with van der Waals surface area (Å²) in [5, 5.41) is 62.8. The maximum absolute atomic E-state index is 12.2. The molecule has 3 N–H and O–H groups in total. The van der Waals surface area contributed by atoms with E-state index >= 15 is 0 Å². The van der Waals surface area contributed by atoms with Crippen molar-refractivity contribution in [1.29, 1.82) is 0 Å². The highest BCUT2D eigenvalue weighted by Gasteiger charge is 2.34. The van der Waals surface area contributed by atoms with E-state index in [1.165, 1.54) is 62.5 Å². The number of halogens is 3. The van der Waals surface area contributed by atoms with Crippen LogP contribution in [0.3, 0.4) is 0 Å². The maximum atomic E-state index is 12.2. The fourth-order valence-electron chi connectivity index (χ4n) is 10.6. The quantitative estimate of drug-likeness (QED) is 0.0867. The summed E-state index contributed by atoms with van der Waals surface area (Å²) < 4.78 is 53.0. The first-order valence-electron chi connectivity index (χ1n) is 33.9. The zero-order valence-corrected chi connectivity index (χ0v) is 64.7. The lowest BCUT2D eigenvalue weighted by Crippen LogP contribution is -2.06. The number of nitrogens with zero attached hydrogens (tertiary/aromatic N) is 19. The second-order valence-corrected chi connectivity index (χ2v) is 27.1. The second-order valence-electron chi connectivity index (χ2n) is 27.1. The maximum Gasteiger partial charge on any atom is 0.435 e. The molecule has 0 aliphatic rings. The summed E-state index contributed by atoms with van der Waals surface area (Å²) in [4.78, 5) is 4.01. The molecule has 0 aromatic carbocycles. The van der Waals surface area contributed by atoms with Crippen LogP contribution in [0.5, 0.6) is 0 Å². The third kappa shape index (κ3) is 28.8. The van der Waals surface area contributed by atoms with Crippen molar-refractivity contribution in [2.24, 2.45) is 56.4 Å². The average Bonchev–Trinajstić information content (AvgIpc) is 1.72. The topological polar surface area (TPSA) is 234 Å². The van der Waals surface area contributed by atoms with Crippen LogP contribution < -0.4 is 0 Å². The molecule has 0 radical (unpaired) electrons. The Hall–Kier alpha value is -7.51. The molecule has 0 amide bonds. The van der Waals surface area contributed by atoms with Gasteiger partial charge < -0.3 is 24.5 Å². The SMILES string of the molecule is CC(C)c1cc(C(F)(F)F)nn1C.CC(C)c1ccnn1C.CC(C)c1cncn1C.CC(C)c1cnn(CCO)c1.CC(C)c1nncn1C.Cc1c(C(C)C)c(CCO)nn1C.Cc1c(C(C)C)cnn1C.Cc1cc(C(C)C)n(C)n1.Cc1nn(C)c(CCO)c1C(C)C. The summed E-state index contributed by atoms with van der Waals surface area (Å²) in [7, 11) is 15.3. The van der Waals surface area contributed by atoms with Crippen molar-refractivity contribution < 1.29 is 28.5 Å². The molecule has 9 aromatic rings. The Bertz CT molecular complexity index is 3470. The highest BCUT2D eigenvalue weighted by atomic mass is 19.4. The van der Waals surface area contributed by atoms with Crippen molar-refractivity contribution >= 4 is 0 Å². The Morgan fingerprint density at radius 1 is 0.464 bits per heavy atom. The number of aliphatic hydroxyl groups excluding tert-OH is 3. The van der Waals surface area contributed by atoms with Crippen LogP contribution in [-0.2, 0) is 81.9 Å². The molecule has 22 nitrogen and oxygen atoms in total. The highest BCUT2D eigenvalue weighted by molar-refractivity contribution is 5.30. The van der Waals surface area contributed by atoms with Crippen LogP contribution in [0, 0.1) is 27.7 Å². The zero-order chi connectivity index (χ0) is 74.5. The van der Waals surface area contributed by atoms with Crippen LogP contribution in [0.2, 0.25) is 0 Å². The summed E-state index contributed by atoms with van der Waals surface area (Å²) >= 11 is 0. The monoisotopic (exact) mass is 1360 g/mol. The molecule has 546 valence electrons. The number of aliphatic hydroxyl groups is 3. The highest BCUT2D eigenvalue weighted by Crippen LogP contribution is 2.30. The van der Waals surface area contributed by atoms with Crippen molar-refractivity contribution in [3.05, 3.63) is 153 Å². The lowest BCUT2D eigenvalue weighted by Gasteiger charge is -2.07. The third-order valence-electron chi connectivity index (χ3n) is 15.8. The van der Waals surface area contributed by atoms with Crippen molar-refractivity contribution in [3.63, 3.8) is 0 Å². The fourth-order valence-corrected chi connectivity index (χ4v) is 10.6. The standard InChI is InChI=1S/2C10H18N2O.C8H11F3N2.C8H14N2O.2C8H14N2.2C7H12N2.C6H11N3/c1-7(2)10-8(3)12(4)11-9(10)5-6-13;1-7(2)10-8(3)11-12(4)9(10)5-6-13;1-5(2)6-4-7(8(9,10)11)12-13(6)3;1-7(2)8-5-9-10(6-8)3-4-11;1-6(2)8-5-9-10(4)7(8)3;1-6(2)8-5-7(3)9-10(8)4;1-6(2)7-4-8-5-9(7)3;1-6(2)7-4-5-8-9(7)3;1-5(2)6-8-7-4-9(6)3/h2*7,13H,5-6H2,1-4H3;4-5H,1-3H3;5-7,11H,3-4H2,1-2H3;2*5-6H,1-4H3;2*4-6H,1-3H3;4-5H,1-3H3. The zero-order valence-electron chi connectivity index (χ0n) is 64.7. The number of aromatic nitrogens is 19. The molecular weight excluding hydrogens is 1240 g/mol. The largest absolute Gasteiger partial charge is 0.435 e. The predicted octanol–water partition coefficient (Wildman–Crippen LogP) is 14.1. The van der Waals surface area contributed by atoms with E-state index in [9.17, 15) is 13.2 Å². The smallest absolute Gasteiger partial charge is 0.396 e. The van der Waals surface area contributed by atoms with Crippen LogP contribution in [-0.4, -0.2) is 128 Å². The Balaban J connectivity index is 0.000000548. The van der Waals surface area contributed by atoms with Gasteiger partial charge in [0.25, 0.3) is 0 Å². The molecule has 0 aliphatic carbocycles. The average molecular weight is 1360 g/mol. The minimum atomic E-state index is -4.34. The van der Waals surface area contributed by atoms with E-state index < -0.39 is 11.9 Å². The molecule has 25 heteroatoms. The van der Waals surface area contributed by atoms with Gasteiger partial charge in [0.1, 0.15) is 12.2 Å². The van der Waals surface area contributed by atoms with Gasteiger partial charge in [0.15, 0.2) is 5.69 Å². The summed E-state index contributed by atoms with van der Waals surface area (Å²) in [6.45, 7) is 47.5. The molecule has 0 spiro atoms. The molecular formula is C72H124F3N19O3. The van der Waals surface area contributed by atoms with Gasteiger partial charge in [0, 0.05) is 147 Å². The molecule has 0 aliphatic heterocycles. The summed E-state index contributed by atoms with van der Waals surface area (Å²) in [6, 6.07) is 5.26. The Kier molecular flexibility index (Phi) is 38.2. The summed E-state index contributed by atoms with van der Waals surface area (Å²) in [5.41, 5.74) is 15.7. The van der Waals surface area contributed by atoms with Crippen molar-refractivity contribution in [1.82, 2.24) is 92.8 Å². The Labute approximate surface area is 578 Å². The Morgan fingerprint density at radius 3 is 1.33 bits per heavy atom. The van der Waals surface area contributed by atoms with Crippen LogP contribution in [0.15, 0.2) is 61.8 Å². The fraction of sp³-hybridized carbons (Fsp3) is 0.639. The molecule has 0 saturated carbocycles. The summed E-state index contributed by atoms with van der Waals surface area (Å²) in [5.74, 6) is 5.36. The number of aryl methyl sites for hydroxylation is 10. The number of hydrogen-bond donors (Lipinski definition) is 3. The molecule has 9 aromatic heterocycles. The van der Waals surface area contributed by atoms with Crippen LogP contribution in [0.4, 0.5) is 13.2 Å². The number of hydrogen-bond acceptors (Lipinski definition) is 13. The first kappa shape index (κ1) is 87.5. The van der Waals surface area contributed by atoms with E-state index in [2.05, 4.69) is 182 Å². The van der Waals surface area contributed by atoms with Gasteiger partial charge in [-0.1, -0.05) is 125 Å². The van der Waals surface area contributed by atoms with Crippen LogP contribution in [0.25, 0.3) is 0 Å². The third-order valence-corrected chi connectivity index (χ3v) is 15.8. The molecule has 0 bridgehead atoms. The number of rotatable bonds is 15. The molecule has 0 fully saturated rings. The van der Waals surface area contributed by atoms with Gasteiger partial charge in [-0.3, -0.25) is 32.8 Å². The molecule has 9 heterocycles. The van der Waals surface area contributed by atoms with E-state index in [4.69, 9.17) is 15.3 Å². The van der Waals surface area contributed by atoms with Gasteiger partial charge in [-0.05, 0) is 115 Å². The minimum absolute atomic E-state index is 0.0496. The van der Waals surface area contributed by atoms with Gasteiger partial charge in [0.05, 0.1) is 49.0 Å². The van der Waals surface area contributed by atoms with Gasteiger partial charge in [-0.15, -0.1) is 10.2 Å².